The van der Waals surface area contributed by atoms with E-state index < -0.39 is 0 Å². The average molecular weight is 512 g/mol. The zero-order chi connectivity index (χ0) is 24.6. The van der Waals surface area contributed by atoms with Crippen LogP contribution in [0, 0.1) is 0 Å². The number of halogens is 2. The lowest BCUT2D eigenvalue weighted by Gasteiger charge is -2.17. The van der Waals surface area contributed by atoms with Crippen LogP contribution in [0.5, 0.6) is 11.5 Å². The maximum absolute atomic E-state index is 12.5. The summed E-state index contributed by atoms with van der Waals surface area (Å²) in [6, 6.07) is 18.3. The van der Waals surface area contributed by atoms with Crippen LogP contribution in [0.25, 0.3) is 0 Å². The molecule has 0 spiro atoms. The predicted molar refractivity (Wildman–Crippen MR) is 141 cm³/mol. The molecule has 0 unspecified atom stereocenters. The van der Waals surface area contributed by atoms with Crippen molar-refractivity contribution in [2.45, 2.75) is 26.4 Å². The molecular formula is C27H27Cl2N3O3. The molecule has 6 nitrogen and oxygen atoms in total. The third kappa shape index (κ3) is 6.68. The van der Waals surface area contributed by atoms with Gasteiger partial charge in [-0.05, 0) is 79.9 Å². The average Bonchev–Trinajstić information content (AvgIpc) is 3.40. The number of hydrazone groups is 1. The molecule has 1 saturated heterocycles. The number of benzene rings is 3. The van der Waals surface area contributed by atoms with E-state index in [0.29, 0.717) is 33.7 Å². The second kappa shape index (κ2) is 12.0. The number of carbonyl (C=O) groups is 1. The van der Waals surface area contributed by atoms with E-state index in [1.165, 1.54) is 12.8 Å². The fraction of sp³-hybridized carbons (Fsp3) is 0.259. The molecule has 0 atom stereocenters. The van der Waals surface area contributed by atoms with Gasteiger partial charge in [0, 0.05) is 39.9 Å². The summed E-state index contributed by atoms with van der Waals surface area (Å²) in [6.07, 6.45) is 4.00. The van der Waals surface area contributed by atoms with Gasteiger partial charge >= 0.3 is 0 Å². The number of nitrogens with one attached hydrogen (secondary N) is 1. The van der Waals surface area contributed by atoms with Gasteiger partial charge in [-0.15, -0.1) is 0 Å². The van der Waals surface area contributed by atoms with Gasteiger partial charge in [-0.3, -0.25) is 4.79 Å². The Morgan fingerprint density at radius 2 is 1.77 bits per heavy atom. The fourth-order valence-electron chi connectivity index (χ4n) is 3.82. The summed E-state index contributed by atoms with van der Waals surface area (Å²) in [7, 11) is 0. The number of nitrogens with zero attached hydrogens (tertiary/aromatic N) is 2. The lowest BCUT2D eigenvalue weighted by molar-refractivity contribution is 0.0955. The first-order chi connectivity index (χ1) is 17.0. The van der Waals surface area contributed by atoms with E-state index in [4.69, 9.17) is 32.7 Å². The lowest BCUT2D eigenvalue weighted by Crippen LogP contribution is -2.19. The van der Waals surface area contributed by atoms with Gasteiger partial charge in [0.1, 0.15) is 6.61 Å². The van der Waals surface area contributed by atoms with Crippen molar-refractivity contribution in [3.05, 3.63) is 87.4 Å². The van der Waals surface area contributed by atoms with Gasteiger partial charge in [-0.25, -0.2) is 5.43 Å². The highest BCUT2D eigenvalue weighted by Crippen LogP contribution is 2.30. The molecule has 0 saturated carbocycles. The molecule has 0 bridgehead atoms. The third-order valence-corrected chi connectivity index (χ3v) is 6.23. The van der Waals surface area contributed by atoms with Crippen molar-refractivity contribution in [3.63, 3.8) is 0 Å². The highest BCUT2D eigenvalue weighted by atomic mass is 35.5. The van der Waals surface area contributed by atoms with E-state index in [-0.39, 0.29) is 12.5 Å². The number of anilines is 1. The van der Waals surface area contributed by atoms with E-state index in [9.17, 15) is 4.79 Å². The highest BCUT2D eigenvalue weighted by molar-refractivity contribution is 6.35. The van der Waals surface area contributed by atoms with Gasteiger partial charge in [-0.2, -0.15) is 5.10 Å². The van der Waals surface area contributed by atoms with Crippen molar-refractivity contribution in [1.82, 2.24) is 5.43 Å². The van der Waals surface area contributed by atoms with Crippen LogP contribution in [0.1, 0.15) is 41.3 Å². The number of hydrogen-bond donors (Lipinski definition) is 1. The van der Waals surface area contributed by atoms with Gasteiger partial charge in [0.15, 0.2) is 11.5 Å². The van der Waals surface area contributed by atoms with Crippen LogP contribution >= 0.6 is 23.2 Å². The minimum absolute atomic E-state index is 0.265. The topological polar surface area (TPSA) is 63.2 Å². The maximum atomic E-state index is 12.5. The summed E-state index contributed by atoms with van der Waals surface area (Å²) in [5.74, 6) is 0.890. The SMILES string of the molecule is CCOc1cc(/C=N\NC(=O)c2ccc(N3CCCC3)cc2)ccc1OCc1ccc(Cl)cc1Cl. The zero-order valence-corrected chi connectivity index (χ0v) is 21.0. The molecular weight excluding hydrogens is 485 g/mol. The minimum atomic E-state index is -0.265. The molecule has 0 aromatic heterocycles. The molecule has 1 N–H and O–H groups in total. The molecule has 3 aromatic rings. The van der Waals surface area contributed by atoms with Gasteiger partial charge in [0.2, 0.25) is 0 Å². The summed E-state index contributed by atoms with van der Waals surface area (Å²) in [5.41, 5.74) is 5.86. The normalized spacial score (nSPS) is 13.3. The fourth-order valence-corrected chi connectivity index (χ4v) is 4.28. The third-order valence-electron chi connectivity index (χ3n) is 5.65. The van der Waals surface area contributed by atoms with Crippen molar-refractivity contribution in [1.29, 1.82) is 0 Å². The Bertz CT molecular complexity index is 1190. The first kappa shape index (κ1) is 24.9. The second-order valence-corrected chi connectivity index (χ2v) is 8.95. The van der Waals surface area contributed by atoms with Crippen LogP contribution in [0.3, 0.4) is 0 Å². The molecule has 0 radical (unpaired) electrons. The quantitative estimate of drug-likeness (QED) is 0.269. The molecule has 4 rings (SSSR count). The molecule has 8 heteroatoms. The van der Waals surface area contributed by atoms with E-state index in [0.717, 1.165) is 29.9 Å². The summed E-state index contributed by atoms with van der Waals surface area (Å²) in [5, 5.41) is 5.22. The van der Waals surface area contributed by atoms with E-state index in [2.05, 4.69) is 15.4 Å². The predicted octanol–water partition coefficient (Wildman–Crippen LogP) is 6.34. The first-order valence-corrected chi connectivity index (χ1v) is 12.3. The van der Waals surface area contributed by atoms with Gasteiger partial charge in [-0.1, -0.05) is 29.3 Å². The Hall–Kier alpha value is -3.22. The Labute approximate surface area is 215 Å². The van der Waals surface area contributed by atoms with Crippen molar-refractivity contribution < 1.29 is 14.3 Å². The largest absolute Gasteiger partial charge is 0.490 e. The summed E-state index contributed by atoms with van der Waals surface area (Å²) < 4.78 is 11.7. The smallest absolute Gasteiger partial charge is 0.271 e. The molecule has 3 aromatic carbocycles. The van der Waals surface area contributed by atoms with Gasteiger partial charge in [0.05, 0.1) is 12.8 Å². The number of ether oxygens (including phenoxy) is 2. The number of carbonyl (C=O) groups excluding carboxylic acids is 1. The van der Waals surface area contributed by atoms with Crippen molar-refractivity contribution in [2.24, 2.45) is 5.10 Å². The van der Waals surface area contributed by atoms with Crippen molar-refractivity contribution in [3.8, 4) is 11.5 Å². The number of hydrogen-bond acceptors (Lipinski definition) is 5. The van der Waals surface area contributed by atoms with Crippen LogP contribution in [0.4, 0.5) is 5.69 Å². The molecule has 1 aliphatic heterocycles. The van der Waals surface area contributed by atoms with E-state index in [1.54, 1.807) is 24.4 Å². The van der Waals surface area contributed by atoms with Crippen LogP contribution in [0.15, 0.2) is 65.8 Å². The van der Waals surface area contributed by atoms with Gasteiger partial charge < -0.3 is 14.4 Å². The standard InChI is InChI=1S/C27H27Cl2N3O3/c1-2-34-26-15-19(5-12-25(26)35-18-21-6-9-22(28)16-24(21)29)17-30-31-27(33)20-7-10-23(11-8-20)32-13-3-4-14-32/h5-12,15-17H,2-4,13-14,18H2,1H3,(H,31,33)/b30-17-. The Morgan fingerprint density at radius 3 is 2.49 bits per heavy atom. The first-order valence-electron chi connectivity index (χ1n) is 11.6. The Morgan fingerprint density at radius 1 is 1.00 bits per heavy atom. The van der Waals surface area contributed by atoms with Crippen molar-refractivity contribution >= 4 is 41.0 Å². The molecule has 1 amide bonds. The van der Waals surface area contributed by atoms with Crippen LogP contribution in [-0.4, -0.2) is 31.8 Å². The Balaban J connectivity index is 1.37. The van der Waals surface area contributed by atoms with Crippen molar-refractivity contribution in [2.75, 3.05) is 24.6 Å². The lowest BCUT2D eigenvalue weighted by atomic mass is 10.2. The monoisotopic (exact) mass is 511 g/mol. The van der Waals surface area contributed by atoms with E-state index >= 15 is 0 Å². The Kier molecular flexibility index (Phi) is 8.50. The summed E-state index contributed by atoms with van der Waals surface area (Å²) in [4.78, 5) is 14.8. The summed E-state index contributed by atoms with van der Waals surface area (Å²) in [6.45, 7) is 4.78. The molecule has 35 heavy (non-hydrogen) atoms. The maximum Gasteiger partial charge on any atom is 0.271 e. The number of rotatable bonds is 9. The van der Waals surface area contributed by atoms with Crippen LogP contribution < -0.4 is 19.8 Å². The van der Waals surface area contributed by atoms with Crippen LogP contribution in [0.2, 0.25) is 10.0 Å². The molecule has 1 fully saturated rings. The summed E-state index contributed by atoms with van der Waals surface area (Å²) >= 11 is 12.2. The molecule has 182 valence electrons. The van der Waals surface area contributed by atoms with Gasteiger partial charge in [0.25, 0.3) is 5.91 Å². The number of amides is 1. The second-order valence-electron chi connectivity index (χ2n) is 8.10. The highest BCUT2D eigenvalue weighted by Gasteiger charge is 2.13. The van der Waals surface area contributed by atoms with E-state index in [1.807, 2.05) is 49.4 Å². The molecule has 1 heterocycles. The zero-order valence-electron chi connectivity index (χ0n) is 19.5. The molecule has 1 aliphatic rings. The minimum Gasteiger partial charge on any atom is -0.490 e. The van der Waals surface area contributed by atoms with Crippen LogP contribution in [-0.2, 0) is 6.61 Å². The molecule has 0 aliphatic carbocycles.